The first-order valence-corrected chi connectivity index (χ1v) is 8.25. The Bertz CT molecular complexity index is 983. The molecule has 0 aliphatic rings. The van der Waals surface area contributed by atoms with E-state index >= 15 is 0 Å². The van der Waals surface area contributed by atoms with Gasteiger partial charge in [-0.3, -0.25) is 20.4 Å². The molecule has 9 heteroatoms. The molecule has 0 atom stereocenters. The molecular weight excluding hydrogens is 364 g/mol. The summed E-state index contributed by atoms with van der Waals surface area (Å²) in [4.78, 5) is 39.6. The van der Waals surface area contributed by atoms with Crippen LogP contribution in [-0.4, -0.2) is 34.5 Å². The molecule has 2 amide bonds. The molecule has 3 rings (SSSR count). The number of hydrogen-bond donors (Lipinski definition) is 2. The summed E-state index contributed by atoms with van der Waals surface area (Å²) in [5, 5.41) is 3.70. The summed E-state index contributed by atoms with van der Waals surface area (Å²) in [7, 11) is 0. The minimum absolute atomic E-state index is 0.251. The molecule has 142 valence electrons. The van der Waals surface area contributed by atoms with Gasteiger partial charge in [0.2, 0.25) is 0 Å². The van der Waals surface area contributed by atoms with Crippen molar-refractivity contribution in [3.63, 3.8) is 0 Å². The molecule has 0 radical (unpaired) electrons. The minimum atomic E-state index is -0.683. The Morgan fingerprint density at radius 1 is 0.964 bits per heavy atom. The number of carbonyl (C=O) groups is 3. The zero-order valence-corrected chi connectivity index (χ0v) is 14.8. The van der Waals surface area contributed by atoms with Gasteiger partial charge in [-0.1, -0.05) is 23.4 Å². The Hall–Kier alpha value is -4.01. The van der Waals surface area contributed by atoms with Crippen molar-refractivity contribution in [2.24, 2.45) is 0 Å². The number of hydrogen-bond acceptors (Lipinski definition) is 7. The highest BCUT2D eigenvalue weighted by atomic mass is 16.5. The van der Waals surface area contributed by atoms with Crippen LogP contribution in [0, 0.1) is 6.92 Å². The molecule has 0 spiro atoms. The number of carbonyl (C=O) groups excluding carboxylic acids is 3. The predicted octanol–water partition coefficient (Wildman–Crippen LogP) is 1.66. The fraction of sp³-hybridized carbons (Fsp3) is 0.105. The van der Waals surface area contributed by atoms with Gasteiger partial charge in [-0.15, -0.1) is 0 Å². The third kappa shape index (κ3) is 4.79. The molecule has 0 aliphatic heterocycles. The van der Waals surface area contributed by atoms with E-state index in [2.05, 4.69) is 21.0 Å². The topological polar surface area (TPSA) is 123 Å². The zero-order chi connectivity index (χ0) is 19.9. The second kappa shape index (κ2) is 8.58. The van der Waals surface area contributed by atoms with Gasteiger partial charge in [0, 0.05) is 11.1 Å². The van der Waals surface area contributed by atoms with Gasteiger partial charge < -0.3 is 9.26 Å². The second-order valence-corrected chi connectivity index (χ2v) is 5.67. The Kier molecular flexibility index (Phi) is 5.75. The van der Waals surface area contributed by atoms with Gasteiger partial charge in [0.1, 0.15) is 0 Å². The van der Waals surface area contributed by atoms with E-state index < -0.39 is 24.4 Å². The summed E-state index contributed by atoms with van der Waals surface area (Å²) >= 11 is 0. The Balaban J connectivity index is 1.47. The molecule has 0 saturated heterocycles. The Morgan fingerprint density at radius 3 is 2.32 bits per heavy atom. The largest absolute Gasteiger partial charge is 0.452 e. The maximum Gasteiger partial charge on any atom is 0.338 e. The number of nitrogens with zero attached hydrogens (tertiary/aromatic N) is 2. The number of benzene rings is 2. The average molecular weight is 380 g/mol. The van der Waals surface area contributed by atoms with Crippen molar-refractivity contribution in [2.75, 3.05) is 6.61 Å². The number of rotatable bonds is 5. The third-order valence-electron chi connectivity index (χ3n) is 3.58. The van der Waals surface area contributed by atoms with E-state index in [1.54, 1.807) is 49.4 Å². The van der Waals surface area contributed by atoms with Crippen molar-refractivity contribution in [2.45, 2.75) is 6.92 Å². The number of ether oxygens (including phenoxy) is 1. The fourth-order valence-corrected chi connectivity index (χ4v) is 2.20. The first-order valence-electron chi connectivity index (χ1n) is 8.25. The van der Waals surface area contributed by atoms with Crippen molar-refractivity contribution >= 4 is 17.8 Å². The number of nitrogens with one attached hydrogen (secondary N) is 2. The van der Waals surface area contributed by atoms with Crippen LogP contribution in [0.15, 0.2) is 59.1 Å². The first kappa shape index (κ1) is 18.8. The Labute approximate surface area is 159 Å². The van der Waals surface area contributed by atoms with Crippen LogP contribution in [0.2, 0.25) is 0 Å². The number of esters is 1. The quantitative estimate of drug-likeness (QED) is 0.510. The van der Waals surface area contributed by atoms with Crippen LogP contribution in [0.1, 0.15) is 26.5 Å². The van der Waals surface area contributed by atoms with Crippen LogP contribution >= 0.6 is 0 Å². The van der Waals surface area contributed by atoms with Gasteiger partial charge in [-0.25, -0.2) is 4.79 Å². The summed E-state index contributed by atoms with van der Waals surface area (Å²) in [6.07, 6.45) is 0. The van der Waals surface area contributed by atoms with E-state index in [1.807, 2.05) is 0 Å². The Morgan fingerprint density at radius 2 is 1.68 bits per heavy atom. The predicted molar refractivity (Wildman–Crippen MR) is 96.8 cm³/mol. The molecule has 0 saturated carbocycles. The molecule has 0 aliphatic carbocycles. The number of aryl methyl sites for hydroxylation is 1. The molecular formula is C19H16N4O5. The lowest BCUT2D eigenvalue weighted by Gasteiger charge is -2.08. The van der Waals surface area contributed by atoms with E-state index in [9.17, 15) is 14.4 Å². The maximum atomic E-state index is 12.0. The SMILES string of the molecule is Cc1noc(-c2ccc(C(=O)OCC(=O)NNC(=O)c3ccccc3)cc2)n1. The highest BCUT2D eigenvalue weighted by Crippen LogP contribution is 2.17. The summed E-state index contributed by atoms with van der Waals surface area (Å²) in [6.45, 7) is 1.16. The van der Waals surface area contributed by atoms with E-state index in [0.29, 0.717) is 22.8 Å². The minimum Gasteiger partial charge on any atom is -0.452 e. The molecule has 0 bridgehead atoms. The number of amides is 2. The van der Waals surface area contributed by atoms with Gasteiger partial charge in [0.15, 0.2) is 12.4 Å². The molecule has 1 aromatic heterocycles. The fourth-order valence-electron chi connectivity index (χ4n) is 2.20. The normalized spacial score (nSPS) is 10.2. The van der Waals surface area contributed by atoms with Gasteiger partial charge in [0.25, 0.3) is 17.7 Å². The molecule has 0 unspecified atom stereocenters. The monoisotopic (exact) mass is 380 g/mol. The van der Waals surface area contributed by atoms with Crippen LogP contribution in [-0.2, 0) is 9.53 Å². The van der Waals surface area contributed by atoms with Crippen molar-refractivity contribution in [3.05, 3.63) is 71.5 Å². The lowest BCUT2D eigenvalue weighted by molar-refractivity contribution is -0.125. The molecule has 2 aromatic carbocycles. The van der Waals surface area contributed by atoms with Gasteiger partial charge >= 0.3 is 5.97 Å². The summed E-state index contributed by atoms with van der Waals surface area (Å²) in [5.41, 5.74) is 5.70. The van der Waals surface area contributed by atoms with Crippen molar-refractivity contribution in [3.8, 4) is 11.5 Å². The van der Waals surface area contributed by atoms with E-state index in [-0.39, 0.29) is 5.56 Å². The molecule has 28 heavy (non-hydrogen) atoms. The van der Waals surface area contributed by atoms with Crippen molar-refractivity contribution in [1.82, 2.24) is 21.0 Å². The summed E-state index contributed by atoms with van der Waals surface area (Å²) in [5.74, 6) is -0.990. The molecule has 2 N–H and O–H groups in total. The van der Waals surface area contributed by atoms with E-state index in [0.717, 1.165) is 0 Å². The first-order chi connectivity index (χ1) is 13.5. The lowest BCUT2D eigenvalue weighted by atomic mass is 10.1. The number of hydrazine groups is 1. The second-order valence-electron chi connectivity index (χ2n) is 5.67. The van der Waals surface area contributed by atoms with Crippen LogP contribution in [0.4, 0.5) is 0 Å². The van der Waals surface area contributed by atoms with Gasteiger partial charge in [-0.2, -0.15) is 4.98 Å². The molecule has 1 heterocycles. The molecule has 3 aromatic rings. The summed E-state index contributed by atoms with van der Waals surface area (Å²) < 4.78 is 9.97. The van der Waals surface area contributed by atoms with Gasteiger partial charge in [0.05, 0.1) is 5.56 Å². The van der Waals surface area contributed by atoms with E-state index in [4.69, 9.17) is 9.26 Å². The highest BCUT2D eigenvalue weighted by molar-refractivity contribution is 5.96. The van der Waals surface area contributed by atoms with Crippen LogP contribution in [0.5, 0.6) is 0 Å². The molecule has 9 nitrogen and oxygen atoms in total. The van der Waals surface area contributed by atoms with Crippen molar-refractivity contribution < 1.29 is 23.6 Å². The standard InChI is InChI=1S/C19H16N4O5/c1-12-20-18(28-23-12)14-7-9-15(10-8-14)19(26)27-11-16(24)21-22-17(25)13-5-3-2-4-6-13/h2-10H,11H2,1H3,(H,21,24)(H,22,25). The molecule has 0 fully saturated rings. The van der Waals surface area contributed by atoms with E-state index in [1.165, 1.54) is 12.1 Å². The van der Waals surface area contributed by atoms with Crippen molar-refractivity contribution in [1.29, 1.82) is 0 Å². The summed E-state index contributed by atoms with van der Waals surface area (Å²) in [6, 6.07) is 14.7. The van der Waals surface area contributed by atoms with Crippen LogP contribution in [0.25, 0.3) is 11.5 Å². The highest BCUT2D eigenvalue weighted by Gasteiger charge is 2.13. The third-order valence-corrected chi connectivity index (χ3v) is 3.58. The lowest BCUT2D eigenvalue weighted by Crippen LogP contribution is -2.43. The van der Waals surface area contributed by atoms with Crippen LogP contribution < -0.4 is 10.9 Å². The zero-order valence-electron chi connectivity index (χ0n) is 14.8. The number of aromatic nitrogens is 2. The smallest absolute Gasteiger partial charge is 0.338 e. The van der Waals surface area contributed by atoms with Gasteiger partial charge in [-0.05, 0) is 43.3 Å². The maximum absolute atomic E-state index is 12.0. The van der Waals surface area contributed by atoms with Crippen LogP contribution in [0.3, 0.4) is 0 Å². The average Bonchev–Trinajstić information content (AvgIpc) is 3.17.